The predicted octanol–water partition coefficient (Wildman–Crippen LogP) is 2.68. The summed E-state index contributed by atoms with van der Waals surface area (Å²) >= 11 is 0. The highest BCUT2D eigenvalue weighted by Crippen LogP contribution is 2.31. The van der Waals surface area contributed by atoms with Crippen LogP contribution in [0.2, 0.25) is 0 Å². The van der Waals surface area contributed by atoms with Crippen LogP contribution in [0.15, 0.2) is 24.4 Å². The highest BCUT2D eigenvalue weighted by Gasteiger charge is 2.17. The Morgan fingerprint density at radius 2 is 2.05 bits per heavy atom. The lowest BCUT2D eigenvalue weighted by Crippen LogP contribution is -2.25. The molecular formula is C15H18N2O2. The summed E-state index contributed by atoms with van der Waals surface area (Å²) in [6.07, 6.45) is 3.93. The Balaban J connectivity index is 1.98. The van der Waals surface area contributed by atoms with Crippen molar-refractivity contribution >= 4 is 16.5 Å². The van der Waals surface area contributed by atoms with E-state index in [1.807, 2.05) is 31.3 Å². The summed E-state index contributed by atoms with van der Waals surface area (Å²) in [4.78, 5) is 4.30. The van der Waals surface area contributed by atoms with Crippen LogP contribution in [-0.4, -0.2) is 24.3 Å². The molecule has 0 aliphatic carbocycles. The first kappa shape index (κ1) is 12.2. The first-order chi connectivity index (χ1) is 9.24. The monoisotopic (exact) mass is 258 g/mol. The van der Waals surface area contributed by atoms with Crippen LogP contribution in [0, 0.1) is 6.92 Å². The van der Waals surface area contributed by atoms with Crippen molar-refractivity contribution in [3.8, 4) is 5.75 Å². The second-order valence-electron chi connectivity index (χ2n) is 4.95. The van der Waals surface area contributed by atoms with Crippen molar-refractivity contribution in [2.45, 2.75) is 25.9 Å². The van der Waals surface area contributed by atoms with Crippen LogP contribution < -0.4 is 10.5 Å². The van der Waals surface area contributed by atoms with Crippen LogP contribution in [0.25, 0.3) is 10.8 Å². The van der Waals surface area contributed by atoms with E-state index in [1.165, 1.54) is 0 Å². The third kappa shape index (κ3) is 2.49. The molecule has 0 unspecified atom stereocenters. The normalized spacial score (nSPS) is 16.7. The molecule has 2 aromatic rings. The largest absolute Gasteiger partial charge is 0.490 e. The van der Waals surface area contributed by atoms with E-state index in [-0.39, 0.29) is 6.10 Å². The third-order valence-corrected chi connectivity index (χ3v) is 3.49. The first-order valence-electron chi connectivity index (χ1n) is 6.63. The van der Waals surface area contributed by atoms with Crippen molar-refractivity contribution in [3.05, 3.63) is 30.1 Å². The lowest BCUT2D eigenvalue weighted by atomic mass is 10.1. The van der Waals surface area contributed by atoms with Gasteiger partial charge >= 0.3 is 0 Å². The van der Waals surface area contributed by atoms with Gasteiger partial charge < -0.3 is 15.2 Å². The van der Waals surface area contributed by atoms with Crippen LogP contribution >= 0.6 is 0 Å². The minimum Gasteiger partial charge on any atom is -0.490 e. The zero-order valence-electron chi connectivity index (χ0n) is 11.1. The molecule has 2 N–H and O–H groups in total. The average Bonchev–Trinajstić information content (AvgIpc) is 2.43. The standard InChI is InChI=1S/C15H18N2O2/c1-10-8-12-13(9-17-10)14(16)2-3-15(12)19-11-4-6-18-7-5-11/h2-3,8-9,11H,4-7,16H2,1H3. The van der Waals surface area contributed by atoms with Gasteiger partial charge in [0, 0.05) is 41.2 Å². The number of benzene rings is 1. The lowest BCUT2D eigenvalue weighted by molar-refractivity contribution is 0.0262. The van der Waals surface area contributed by atoms with Gasteiger partial charge in [-0.25, -0.2) is 0 Å². The number of nitrogens with two attached hydrogens (primary N) is 1. The third-order valence-electron chi connectivity index (χ3n) is 3.49. The Labute approximate surface area is 112 Å². The Hall–Kier alpha value is -1.81. The van der Waals surface area contributed by atoms with Gasteiger partial charge in [0.05, 0.1) is 13.2 Å². The number of nitrogen functional groups attached to an aromatic ring is 1. The molecule has 1 aromatic carbocycles. The average molecular weight is 258 g/mol. The maximum atomic E-state index is 6.12. The molecule has 1 aliphatic heterocycles. The summed E-state index contributed by atoms with van der Waals surface area (Å²) in [5.41, 5.74) is 7.70. The second-order valence-corrected chi connectivity index (χ2v) is 4.95. The van der Waals surface area contributed by atoms with Crippen LogP contribution in [0.4, 0.5) is 5.69 Å². The minimum absolute atomic E-state index is 0.231. The van der Waals surface area contributed by atoms with E-state index < -0.39 is 0 Å². The quantitative estimate of drug-likeness (QED) is 0.841. The van der Waals surface area contributed by atoms with Crippen molar-refractivity contribution in [1.29, 1.82) is 0 Å². The van der Waals surface area contributed by atoms with Gasteiger partial charge in [0.1, 0.15) is 11.9 Å². The summed E-state index contributed by atoms with van der Waals surface area (Å²) in [5.74, 6) is 0.890. The van der Waals surface area contributed by atoms with Crippen LogP contribution in [-0.2, 0) is 4.74 Å². The molecular weight excluding hydrogens is 240 g/mol. The second kappa shape index (κ2) is 5.05. The number of aryl methyl sites for hydroxylation is 1. The molecule has 0 radical (unpaired) electrons. The van der Waals surface area contributed by atoms with E-state index in [9.17, 15) is 0 Å². The topological polar surface area (TPSA) is 57.4 Å². The molecule has 4 heteroatoms. The summed E-state index contributed by atoms with van der Waals surface area (Å²) in [7, 11) is 0. The predicted molar refractivity (Wildman–Crippen MR) is 75.4 cm³/mol. The maximum absolute atomic E-state index is 6.12. The maximum Gasteiger partial charge on any atom is 0.127 e. The molecule has 0 amide bonds. The molecule has 1 fully saturated rings. The fourth-order valence-electron chi connectivity index (χ4n) is 2.41. The molecule has 1 aliphatic rings. The smallest absolute Gasteiger partial charge is 0.127 e. The van der Waals surface area contributed by atoms with E-state index in [1.54, 1.807) is 0 Å². The zero-order chi connectivity index (χ0) is 13.2. The number of rotatable bonds is 2. The Morgan fingerprint density at radius 3 is 2.84 bits per heavy atom. The summed E-state index contributed by atoms with van der Waals surface area (Å²) in [5, 5.41) is 1.99. The highest BCUT2D eigenvalue weighted by molar-refractivity contribution is 5.96. The summed E-state index contributed by atoms with van der Waals surface area (Å²) < 4.78 is 11.5. The van der Waals surface area contributed by atoms with Gasteiger partial charge in [-0.3, -0.25) is 4.98 Å². The van der Waals surface area contributed by atoms with Gasteiger partial charge in [0.15, 0.2) is 0 Å². The zero-order valence-corrected chi connectivity index (χ0v) is 11.1. The fraction of sp³-hybridized carbons (Fsp3) is 0.400. The number of aromatic nitrogens is 1. The highest BCUT2D eigenvalue weighted by atomic mass is 16.5. The number of nitrogens with zero attached hydrogens (tertiary/aromatic N) is 1. The summed E-state index contributed by atoms with van der Waals surface area (Å²) in [6, 6.07) is 5.86. The molecule has 100 valence electrons. The molecule has 2 heterocycles. The first-order valence-corrected chi connectivity index (χ1v) is 6.63. The molecule has 0 bridgehead atoms. The molecule has 0 atom stereocenters. The van der Waals surface area contributed by atoms with Gasteiger partial charge in [-0.05, 0) is 25.1 Å². The van der Waals surface area contributed by atoms with E-state index in [4.69, 9.17) is 15.2 Å². The molecule has 0 spiro atoms. The number of hydrogen-bond donors (Lipinski definition) is 1. The van der Waals surface area contributed by atoms with E-state index >= 15 is 0 Å². The van der Waals surface area contributed by atoms with Gasteiger partial charge in [-0.2, -0.15) is 0 Å². The van der Waals surface area contributed by atoms with Crippen molar-refractivity contribution in [2.24, 2.45) is 0 Å². The van der Waals surface area contributed by atoms with Crippen molar-refractivity contribution in [2.75, 3.05) is 18.9 Å². The van der Waals surface area contributed by atoms with E-state index in [0.29, 0.717) is 0 Å². The Kier molecular flexibility index (Phi) is 3.25. The van der Waals surface area contributed by atoms with Gasteiger partial charge in [-0.1, -0.05) is 0 Å². The molecule has 3 rings (SSSR count). The van der Waals surface area contributed by atoms with Crippen molar-refractivity contribution in [1.82, 2.24) is 4.98 Å². The molecule has 4 nitrogen and oxygen atoms in total. The lowest BCUT2D eigenvalue weighted by Gasteiger charge is -2.24. The molecule has 19 heavy (non-hydrogen) atoms. The van der Waals surface area contributed by atoms with E-state index in [2.05, 4.69) is 4.98 Å². The molecule has 1 aromatic heterocycles. The van der Waals surface area contributed by atoms with Crippen LogP contribution in [0.1, 0.15) is 18.5 Å². The SMILES string of the molecule is Cc1cc2c(OC3CCOCC3)ccc(N)c2cn1. The molecule has 0 saturated carbocycles. The summed E-state index contributed by atoms with van der Waals surface area (Å²) in [6.45, 7) is 3.52. The molecule has 1 saturated heterocycles. The van der Waals surface area contributed by atoms with Crippen LogP contribution in [0.5, 0.6) is 5.75 Å². The number of hydrogen-bond acceptors (Lipinski definition) is 4. The minimum atomic E-state index is 0.231. The van der Waals surface area contributed by atoms with Gasteiger partial charge in [0.2, 0.25) is 0 Å². The Morgan fingerprint density at radius 1 is 1.26 bits per heavy atom. The van der Waals surface area contributed by atoms with E-state index in [0.717, 1.165) is 54.0 Å². The van der Waals surface area contributed by atoms with Gasteiger partial charge in [0.25, 0.3) is 0 Å². The Bertz CT molecular complexity index is 592. The van der Waals surface area contributed by atoms with Gasteiger partial charge in [-0.15, -0.1) is 0 Å². The fourth-order valence-corrected chi connectivity index (χ4v) is 2.41. The van der Waals surface area contributed by atoms with Crippen molar-refractivity contribution < 1.29 is 9.47 Å². The number of ether oxygens (including phenoxy) is 2. The number of anilines is 1. The number of pyridine rings is 1. The number of fused-ring (bicyclic) bond motifs is 1. The van der Waals surface area contributed by atoms with Crippen molar-refractivity contribution in [3.63, 3.8) is 0 Å². The van der Waals surface area contributed by atoms with Crippen LogP contribution in [0.3, 0.4) is 0 Å².